The first-order valence-electron chi connectivity index (χ1n) is 6.67. The largest absolute Gasteiger partial charge is 0.480 e. The minimum atomic E-state index is -1.05. The Morgan fingerprint density at radius 1 is 1.33 bits per heavy atom. The van der Waals surface area contributed by atoms with Gasteiger partial charge >= 0.3 is 5.97 Å². The predicted molar refractivity (Wildman–Crippen MR) is 77.1 cm³/mol. The van der Waals surface area contributed by atoms with Crippen LogP contribution >= 0.6 is 0 Å². The molecule has 0 bridgehead atoms. The molecule has 0 aromatic carbocycles. The third kappa shape index (κ3) is 2.86. The molecule has 0 aliphatic heterocycles. The van der Waals surface area contributed by atoms with Crippen LogP contribution in [0, 0.1) is 19.8 Å². The van der Waals surface area contributed by atoms with Crippen LogP contribution in [0.5, 0.6) is 0 Å². The number of H-pyrrole nitrogens is 1. The molecule has 2 aromatic heterocycles. The predicted octanol–water partition coefficient (Wildman–Crippen LogP) is 1.41. The number of rotatable bonds is 4. The SMILES string of the molecule is Cc1cc(C(=O)N[C@H](C(=O)O)C(C)C)c2c(C)[nH]nc2n1. The number of nitrogens with zero attached hydrogens (tertiary/aromatic N) is 2. The number of aromatic amines is 1. The van der Waals surface area contributed by atoms with E-state index in [1.54, 1.807) is 33.8 Å². The quantitative estimate of drug-likeness (QED) is 0.789. The Morgan fingerprint density at radius 3 is 2.57 bits per heavy atom. The molecular weight excluding hydrogens is 272 g/mol. The lowest BCUT2D eigenvalue weighted by molar-refractivity contribution is -0.140. The zero-order valence-corrected chi connectivity index (χ0v) is 12.4. The number of nitrogens with one attached hydrogen (secondary N) is 2. The molecule has 2 heterocycles. The number of fused-ring (bicyclic) bond motifs is 1. The van der Waals surface area contributed by atoms with Crippen LogP contribution in [0.2, 0.25) is 0 Å². The summed E-state index contributed by atoms with van der Waals surface area (Å²) in [6.45, 7) is 7.04. The van der Waals surface area contributed by atoms with Crippen LogP contribution in [0.25, 0.3) is 11.0 Å². The summed E-state index contributed by atoms with van der Waals surface area (Å²) >= 11 is 0. The number of hydrogen-bond acceptors (Lipinski definition) is 4. The van der Waals surface area contributed by atoms with Crippen molar-refractivity contribution in [1.29, 1.82) is 0 Å². The molecule has 2 aromatic rings. The van der Waals surface area contributed by atoms with Crippen LogP contribution in [0.1, 0.15) is 35.6 Å². The molecule has 0 unspecified atom stereocenters. The first kappa shape index (κ1) is 15.0. The van der Waals surface area contributed by atoms with E-state index >= 15 is 0 Å². The van der Waals surface area contributed by atoms with E-state index in [9.17, 15) is 14.7 Å². The van der Waals surface area contributed by atoms with Crippen LogP contribution in [0.3, 0.4) is 0 Å². The minimum Gasteiger partial charge on any atom is -0.480 e. The molecule has 1 amide bonds. The smallest absolute Gasteiger partial charge is 0.326 e. The summed E-state index contributed by atoms with van der Waals surface area (Å²) in [5, 5.41) is 19.2. The maximum Gasteiger partial charge on any atom is 0.326 e. The van der Waals surface area contributed by atoms with Crippen molar-refractivity contribution in [2.45, 2.75) is 33.7 Å². The molecule has 1 atom stereocenters. The van der Waals surface area contributed by atoms with Gasteiger partial charge in [0.05, 0.1) is 10.9 Å². The molecule has 0 saturated carbocycles. The second-order valence-corrected chi connectivity index (χ2v) is 5.39. The van der Waals surface area contributed by atoms with Gasteiger partial charge in [-0.25, -0.2) is 9.78 Å². The molecule has 21 heavy (non-hydrogen) atoms. The van der Waals surface area contributed by atoms with E-state index < -0.39 is 17.9 Å². The zero-order chi connectivity index (χ0) is 15.7. The van der Waals surface area contributed by atoms with Gasteiger partial charge < -0.3 is 10.4 Å². The highest BCUT2D eigenvalue weighted by Gasteiger charge is 2.25. The highest BCUT2D eigenvalue weighted by Crippen LogP contribution is 2.20. The second-order valence-electron chi connectivity index (χ2n) is 5.39. The minimum absolute atomic E-state index is 0.213. The number of carboxylic acid groups (broad SMARTS) is 1. The van der Waals surface area contributed by atoms with Gasteiger partial charge in [-0.3, -0.25) is 9.89 Å². The number of carbonyl (C=O) groups excluding carboxylic acids is 1. The molecule has 0 spiro atoms. The van der Waals surface area contributed by atoms with Crippen molar-refractivity contribution < 1.29 is 14.7 Å². The van der Waals surface area contributed by atoms with Gasteiger partial charge in [0.25, 0.3) is 5.91 Å². The van der Waals surface area contributed by atoms with Gasteiger partial charge in [-0.1, -0.05) is 13.8 Å². The fraction of sp³-hybridized carbons (Fsp3) is 0.429. The molecule has 0 aliphatic rings. The van der Waals surface area contributed by atoms with Crippen molar-refractivity contribution >= 4 is 22.9 Å². The number of aryl methyl sites for hydroxylation is 2. The lowest BCUT2D eigenvalue weighted by atomic mass is 10.0. The molecular formula is C14H18N4O3. The van der Waals surface area contributed by atoms with E-state index in [-0.39, 0.29) is 5.92 Å². The standard InChI is InChI=1S/C14H18N4O3/c1-6(2)11(14(20)21)16-13(19)9-5-7(3)15-12-10(9)8(4)17-18-12/h5-6,11H,1-4H3,(H,16,19)(H,20,21)(H,15,17,18)/t11-/m0/s1. The summed E-state index contributed by atoms with van der Waals surface area (Å²) in [5.74, 6) is -1.70. The van der Waals surface area contributed by atoms with Crippen molar-refractivity contribution in [3.8, 4) is 0 Å². The van der Waals surface area contributed by atoms with Crippen LogP contribution in [0.4, 0.5) is 0 Å². The van der Waals surface area contributed by atoms with Crippen LogP contribution in [-0.2, 0) is 4.79 Å². The van der Waals surface area contributed by atoms with Crippen molar-refractivity contribution in [2.24, 2.45) is 5.92 Å². The Morgan fingerprint density at radius 2 is 2.00 bits per heavy atom. The number of carboxylic acids is 1. The number of hydrogen-bond donors (Lipinski definition) is 3. The first-order chi connectivity index (χ1) is 9.81. The summed E-state index contributed by atoms with van der Waals surface area (Å²) in [6, 6.07) is 0.701. The fourth-order valence-electron chi connectivity index (χ4n) is 2.21. The Labute approximate surface area is 121 Å². The fourth-order valence-corrected chi connectivity index (χ4v) is 2.21. The van der Waals surface area contributed by atoms with Crippen LogP contribution < -0.4 is 5.32 Å². The van der Waals surface area contributed by atoms with Gasteiger partial charge in [-0.05, 0) is 25.8 Å². The van der Waals surface area contributed by atoms with Gasteiger partial charge in [0, 0.05) is 11.4 Å². The second kappa shape index (κ2) is 5.51. The Balaban J connectivity index is 2.44. The van der Waals surface area contributed by atoms with Crippen molar-refractivity contribution in [3.05, 3.63) is 23.0 Å². The van der Waals surface area contributed by atoms with Crippen molar-refractivity contribution in [1.82, 2.24) is 20.5 Å². The maximum atomic E-state index is 12.4. The highest BCUT2D eigenvalue weighted by atomic mass is 16.4. The Kier molecular flexibility index (Phi) is 3.93. The van der Waals surface area contributed by atoms with Crippen LogP contribution in [-0.4, -0.2) is 38.2 Å². The molecule has 7 nitrogen and oxygen atoms in total. The normalized spacial score (nSPS) is 12.6. The Hall–Kier alpha value is -2.44. The summed E-state index contributed by atoms with van der Waals surface area (Å²) in [7, 11) is 0. The van der Waals surface area contributed by atoms with E-state index in [1.165, 1.54) is 0 Å². The summed E-state index contributed by atoms with van der Waals surface area (Å²) in [5.41, 5.74) is 2.21. The average molecular weight is 290 g/mol. The topological polar surface area (TPSA) is 108 Å². The average Bonchev–Trinajstić information content (AvgIpc) is 2.75. The molecule has 0 fully saturated rings. The Bertz CT molecular complexity index is 706. The number of pyridine rings is 1. The number of aliphatic carboxylic acids is 1. The number of amides is 1. The third-order valence-corrected chi connectivity index (χ3v) is 3.30. The summed E-state index contributed by atoms with van der Waals surface area (Å²) in [6.07, 6.45) is 0. The van der Waals surface area contributed by atoms with Crippen LogP contribution in [0.15, 0.2) is 6.07 Å². The lowest BCUT2D eigenvalue weighted by Crippen LogP contribution is -2.44. The van der Waals surface area contributed by atoms with E-state index in [2.05, 4.69) is 20.5 Å². The molecule has 0 saturated heterocycles. The summed E-state index contributed by atoms with van der Waals surface area (Å²) in [4.78, 5) is 27.9. The van der Waals surface area contributed by atoms with Gasteiger partial charge in [0.2, 0.25) is 0 Å². The number of aromatic nitrogens is 3. The van der Waals surface area contributed by atoms with E-state index in [4.69, 9.17) is 0 Å². The van der Waals surface area contributed by atoms with Gasteiger partial charge in [-0.15, -0.1) is 0 Å². The third-order valence-electron chi connectivity index (χ3n) is 3.30. The zero-order valence-electron chi connectivity index (χ0n) is 12.4. The number of carbonyl (C=O) groups is 2. The lowest BCUT2D eigenvalue weighted by Gasteiger charge is -2.18. The van der Waals surface area contributed by atoms with E-state index in [0.29, 0.717) is 22.3 Å². The van der Waals surface area contributed by atoms with Crippen molar-refractivity contribution in [3.63, 3.8) is 0 Å². The van der Waals surface area contributed by atoms with E-state index in [0.717, 1.165) is 5.69 Å². The highest BCUT2D eigenvalue weighted by molar-refractivity contribution is 6.07. The molecule has 3 N–H and O–H groups in total. The van der Waals surface area contributed by atoms with Gasteiger partial charge in [-0.2, -0.15) is 5.10 Å². The first-order valence-corrected chi connectivity index (χ1v) is 6.67. The van der Waals surface area contributed by atoms with Crippen molar-refractivity contribution in [2.75, 3.05) is 0 Å². The molecule has 0 radical (unpaired) electrons. The maximum absolute atomic E-state index is 12.4. The molecule has 112 valence electrons. The van der Waals surface area contributed by atoms with E-state index in [1.807, 2.05) is 0 Å². The van der Waals surface area contributed by atoms with Gasteiger partial charge in [0.1, 0.15) is 6.04 Å². The van der Waals surface area contributed by atoms with Gasteiger partial charge in [0.15, 0.2) is 5.65 Å². The molecule has 0 aliphatic carbocycles. The summed E-state index contributed by atoms with van der Waals surface area (Å²) < 4.78 is 0. The monoisotopic (exact) mass is 290 g/mol. The molecule has 2 rings (SSSR count). The molecule has 7 heteroatoms.